The van der Waals surface area contributed by atoms with Gasteiger partial charge < -0.3 is 9.80 Å². The molecule has 3 aromatic rings. The molecule has 0 atom stereocenters. The normalized spacial score (nSPS) is 15.2. The minimum absolute atomic E-state index is 1.03. The van der Waals surface area contributed by atoms with E-state index in [1.807, 2.05) is 12.3 Å². The third-order valence-corrected chi connectivity index (χ3v) is 4.71. The third kappa shape index (κ3) is 2.63. The molecule has 3 nitrogen and oxygen atoms in total. The molecule has 0 saturated carbocycles. The van der Waals surface area contributed by atoms with Gasteiger partial charge in [0.2, 0.25) is 0 Å². The zero-order valence-corrected chi connectivity index (χ0v) is 13.4. The van der Waals surface area contributed by atoms with Gasteiger partial charge in [0.1, 0.15) is 0 Å². The van der Waals surface area contributed by atoms with Gasteiger partial charge in [-0.1, -0.05) is 30.3 Å². The highest BCUT2D eigenvalue weighted by Crippen LogP contribution is 2.28. The zero-order chi connectivity index (χ0) is 15.6. The largest absolute Gasteiger partial charge is 0.368 e. The Kier molecular flexibility index (Phi) is 3.62. The molecule has 0 aliphatic carbocycles. The summed E-state index contributed by atoms with van der Waals surface area (Å²) in [6, 6.07) is 19.3. The second kappa shape index (κ2) is 5.92. The van der Waals surface area contributed by atoms with Crippen molar-refractivity contribution >= 4 is 22.3 Å². The fourth-order valence-corrected chi connectivity index (χ4v) is 3.40. The summed E-state index contributed by atoms with van der Waals surface area (Å²) in [7, 11) is 0. The minimum Gasteiger partial charge on any atom is -0.368 e. The molecule has 23 heavy (non-hydrogen) atoms. The molecule has 116 valence electrons. The van der Waals surface area contributed by atoms with E-state index in [1.54, 1.807) is 0 Å². The average molecular weight is 303 g/mol. The van der Waals surface area contributed by atoms with Crippen LogP contribution in [-0.4, -0.2) is 31.2 Å². The Hall–Kier alpha value is -2.55. The van der Waals surface area contributed by atoms with Crippen LogP contribution in [0.25, 0.3) is 10.9 Å². The van der Waals surface area contributed by atoms with Gasteiger partial charge in [0.25, 0.3) is 0 Å². The number of nitrogens with zero attached hydrogens (tertiary/aromatic N) is 3. The third-order valence-electron chi connectivity index (χ3n) is 4.71. The van der Waals surface area contributed by atoms with Gasteiger partial charge in [0.15, 0.2) is 0 Å². The number of aryl methyl sites for hydroxylation is 1. The number of aromatic nitrogens is 1. The summed E-state index contributed by atoms with van der Waals surface area (Å²) in [6.07, 6.45) is 1.89. The van der Waals surface area contributed by atoms with Gasteiger partial charge in [-0.15, -0.1) is 0 Å². The first-order valence-corrected chi connectivity index (χ1v) is 8.22. The predicted octanol–water partition coefficient (Wildman–Crippen LogP) is 3.87. The van der Waals surface area contributed by atoms with Crippen molar-refractivity contribution in [3.63, 3.8) is 0 Å². The number of pyridine rings is 1. The summed E-state index contributed by atoms with van der Waals surface area (Å²) in [6.45, 7) is 6.31. The minimum atomic E-state index is 1.03. The maximum absolute atomic E-state index is 4.64. The Morgan fingerprint density at radius 1 is 0.783 bits per heavy atom. The molecule has 0 spiro atoms. The van der Waals surface area contributed by atoms with Crippen molar-refractivity contribution < 1.29 is 0 Å². The fourth-order valence-electron chi connectivity index (χ4n) is 3.40. The van der Waals surface area contributed by atoms with Crippen LogP contribution in [0.15, 0.2) is 60.8 Å². The molecule has 0 amide bonds. The quantitative estimate of drug-likeness (QED) is 0.716. The van der Waals surface area contributed by atoms with E-state index in [-0.39, 0.29) is 0 Å². The number of anilines is 2. The number of benzene rings is 2. The van der Waals surface area contributed by atoms with Crippen molar-refractivity contribution in [2.45, 2.75) is 6.92 Å². The first-order chi connectivity index (χ1) is 11.3. The Bertz CT molecular complexity index is 805. The molecule has 0 bridgehead atoms. The molecule has 0 radical (unpaired) electrons. The van der Waals surface area contributed by atoms with E-state index < -0.39 is 0 Å². The van der Waals surface area contributed by atoms with Gasteiger partial charge in [0.05, 0.1) is 11.2 Å². The SMILES string of the molecule is Cc1ccc(N2CCN(c3ccccc3)CC2)c2ncccc12. The summed E-state index contributed by atoms with van der Waals surface area (Å²) in [5.41, 5.74) is 5.00. The van der Waals surface area contributed by atoms with Crippen molar-refractivity contribution in [3.05, 3.63) is 66.4 Å². The summed E-state index contributed by atoms with van der Waals surface area (Å²) in [5, 5.41) is 1.26. The summed E-state index contributed by atoms with van der Waals surface area (Å²) in [5.74, 6) is 0. The Morgan fingerprint density at radius 2 is 1.52 bits per heavy atom. The number of rotatable bonds is 2. The Labute approximate surface area is 137 Å². The van der Waals surface area contributed by atoms with E-state index in [9.17, 15) is 0 Å². The van der Waals surface area contributed by atoms with E-state index in [0.717, 1.165) is 31.7 Å². The lowest BCUT2D eigenvalue weighted by molar-refractivity contribution is 0.654. The van der Waals surface area contributed by atoms with E-state index in [1.165, 1.54) is 22.3 Å². The fraction of sp³-hybridized carbons (Fsp3) is 0.250. The standard InChI is InChI=1S/C20H21N3/c1-16-9-10-19(20-18(16)8-5-11-21-20)23-14-12-22(13-15-23)17-6-3-2-4-7-17/h2-11H,12-15H2,1H3. The predicted molar refractivity (Wildman–Crippen MR) is 97.3 cm³/mol. The Balaban J connectivity index is 1.58. The molecule has 2 heterocycles. The summed E-state index contributed by atoms with van der Waals surface area (Å²) < 4.78 is 0. The van der Waals surface area contributed by atoms with Crippen LogP contribution in [0.3, 0.4) is 0 Å². The van der Waals surface area contributed by atoms with Crippen LogP contribution in [0, 0.1) is 6.92 Å². The maximum atomic E-state index is 4.64. The van der Waals surface area contributed by atoms with Crippen LogP contribution in [0.5, 0.6) is 0 Å². The van der Waals surface area contributed by atoms with Gasteiger partial charge in [0, 0.05) is 43.4 Å². The van der Waals surface area contributed by atoms with Crippen molar-refractivity contribution in [3.8, 4) is 0 Å². The highest BCUT2D eigenvalue weighted by atomic mass is 15.3. The summed E-state index contributed by atoms with van der Waals surface area (Å²) >= 11 is 0. The van der Waals surface area contributed by atoms with Crippen molar-refractivity contribution in [1.82, 2.24) is 4.98 Å². The lowest BCUT2D eigenvalue weighted by Crippen LogP contribution is -2.46. The topological polar surface area (TPSA) is 19.4 Å². The number of hydrogen-bond donors (Lipinski definition) is 0. The molecule has 2 aromatic carbocycles. The van der Waals surface area contributed by atoms with E-state index >= 15 is 0 Å². The highest BCUT2D eigenvalue weighted by molar-refractivity contribution is 5.93. The van der Waals surface area contributed by atoms with Crippen LogP contribution >= 0.6 is 0 Å². The van der Waals surface area contributed by atoms with Gasteiger partial charge in [-0.05, 0) is 36.8 Å². The first-order valence-electron chi connectivity index (χ1n) is 8.22. The lowest BCUT2D eigenvalue weighted by atomic mass is 10.1. The van der Waals surface area contributed by atoms with Gasteiger partial charge in [-0.3, -0.25) is 4.98 Å². The number of hydrogen-bond acceptors (Lipinski definition) is 3. The second-order valence-corrected chi connectivity index (χ2v) is 6.11. The Morgan fingerprint density at radius 3 is 2.30 bits per heavy atom. The van der Waals surface area contributed by atoms with E-state index in [2.05, 4.69) is 70.2 Å². The number of piperazine rings is 1. The van der Waals surface area contributed by atoms with Crippen LogP contribution in [0.4, 0.5) is 11.4 Å². The summed E-state index contributed by atoms with van der Waals surface area (Å²) in [4.78, 5) is 9.56. The zero-order valence-electron chi connectivity index (χ0n) is 13.4. The monoisotopic (exact) mass is 303 g/mol. The molecule has 4 rings (SSSR count). The smallest absolute Gasteiger partial charge is 0.0937 e. The van der Waals surface area contributed by atoms with Gasteiger partial charge in [-0.2, -0.15) is 0 Å². The van der Waals surface area contributed by atoms with E-state index in [4.69, 9.17) is 0 Å². The molecule has 1 fully saturated rings. The van der Waals surface area contributed by atoms with Crippen molar-refractivity contribution in [2.24, 2.45) is 0 Å². The first kappa shape index (κ1) is 14.1. The highest BCUT2D eigenvalue weighted by Gasteiger charge is 2.19. The van der Waals surface area contributed by atoms with Gasteiger partial charge in [-0.25, -0.2) is 0 Å². The van der Waals surface area contributed by atoms with Crippen LogP contribution in [0.1, 0.15) is 5.56 Å². The van der Waals surface area contributed by atoms with Crippen LogP contribution in [0.2, 0.25) is 0 Å². The lowest BCUT2D eigenvalue weighted by Gasteiger charge is -2.37. The van der Waals surface area contributed by atoms with Gasteiger partial charge >= 0.3 is 0 Å². The molecular formula is C20H21N3. The maximum Gasteiger partial charge on any atom is 0.0937 e. The van der Waals surface area contributed by atoms with Crippen molar-refractivity contribution in [1.29, 1.82) is 0 Å². The molecule has 1 aromatic heterocycles. The molecule has 3 heteroatoms. The molecule has 1 saturated heterocycles. The molecule has 1 aliphatic heterocycles. The molecule has 1 aliphatic rings. The molecule has 0 N–H and O–H groups in total. The van der Waals surface area contributed by atoms with E-state index in [0.29, 0.717) is 0 Å². The molecular weight excluding hydrogens is 282 g/mol. The second-order valence-electron chi connectivity index (χ2n) is 6.11. The van der Waals surface area contributed by atoms with Crippen LogP contribution < -0.4 is 9.80 Å². The number of fused-ring (bicyclic) bond motifs is 1. The molecule has 0 unspecified atom stereocenters. The number of para-hydroxylation sites is 1. The van der Waals surface area contributed by atoms with Crippen molar-refractivity contribution in [2.75, 3.05) is 36.0 Å². The van der Waals surface area contributed by atoms with Crippen LogP contribution in [-0.2, 0) is 0 Å². The average Bonchev–Trinajstić information content (AvgIpc) is 2.63.